The van der Waals surface area contributed by atoms with E-state index in [4.69, 9.17) is 11.6 Å². The fourth-order valence-corrected chi connectivity index (χ4v) is 1.86. The third-order valence-corrected chi connectivity index (χ3v) is 2.89. The summed E-state index contributed by atoms with van der Waals surface area (Å²) in [6.07, 6.45) is 0. The van der Waals surface area contributed by atoms with Gasteiger partial charge in [0.25, 0.3) is 5.56 Å². The van der Waals surface area contributed by atoms with Crippen LogP contribution in [-0.4, -0.2) is 9.97 Å². The summed E-state index contributed by atoms with van der Waals surface area (Å²) in [6, 6.07) is 3.60. The summed E-state index contributed by atoms with van der Waals surface area (Å²) in [6.45, 7) is 5.84. The second kappa shape index (κ2) is 3.91. The Morgan fingerprint density at radius 3 is 2.69 bits per heavy atom. The highest BCUT2D eigenvalue weighted by Gasteiger charge is 2.11. The summed E-state index contributed by atoms with van der Waals surface area (Å²) in [7, 11) is 0. The Labute approximate surface area is 98.5 Å². The molecule has 2 rings (SSSR count). The van der Waals surface area contributed by atoms with E-state index in [-0.39, 0.29) is 11.5 Å². The van der Waals surface area contributed by atoms with Gasteiger partial charge in [0.1, 0.15) is 5.82 Å². The van der Waals surface area contributed by atoms with Crippen LogP contribution in [0.25, 0.3) is 10.9 Å². The van der Waals surface area contributed by atoms with E-state index in [1.54, 1.807) is 6.07 Å². The third kappa shape index (κ3) is 1.71. The summed E-state index contributed by atoms with van der Waals surface area (Å²) in [5.41, 5.74) is 1.37. The molecule has 0 radical (unpaired) electrons. The zero-order valence-electron chi connectivity index (χ0n) is 9.47. The largest absolute Gasteiger partial charge is 0.310 e. The number of hydrogen-bond acceptors (Lipinski definition) is 2. The van der Waals surface area contributed by atoms with Crippen LogP contribution >= 0.6 is 11.6 Å². The summed E-state index contributed by atoms with van der Waals surface area (Å²) in [4.78, 5) is 19.1. The van der Waals surface area contributed by atoms with Crippen LogP contribution < -0.4 is 5.56 Å². The van der Waals surface area contributed by atoms with Crippen molar-refractivity contribution in [2.24, 2.45) is 0 Å². The number of hydrogen-bond donors (Lipinski definition) is 1. The average Bonchev–Trinajstić information content (AvgIpc) is 2.22. The molecule has 0 amide bonds. The molecule has 0 aliphatic rings. The van der Waals surface area contributed by atoms with Gasteiger partial charge in [-0.3, -0.25) is 4.79 Å². The van der Waals surface area contributed by atoms with Crippen LogP contribution in [0.15, 0.2) is 16.9 Å². The van der Waals surface area contributed by atoms with Crippen molar-refractivity contribution in [2.75, 3.05) is 0 Å². The molecule has 0 aliphatic heterocycles. The van der Waals surface area contributed by atoms with Gasteiger partial charge in [0.2, 0.25) is 0 Å². The van der Waals surface area contributed by atoms with Crippen molar-refractivity contribution in [2.45, 2.75) is 26.7 Å². The molecular weight excluding hydrogens is 224 g/mol. The second-order valence-corrected chi connectivity index (χ2v) is 4.60. The van der Waals surface area contributed by atoms with E-state index in [2.05, 4.69) is 9.97 Å². The number of benzene rings is 1. The summed E-state index contributed by atoms with van der Waals surface area (Å²) in [5, 5.41) is 1.10. The Morgan fingerprint density at radius 1 is 1.38 bits per heavy atom. The zero-order valence-corrected chi connectivity index (χ0v) is 10.2. The van der Waals surface area contributed by atoms with Gasteiger partial charge in [-0.15, -0.1) is 0 Å². The van der Waals surface area contributed by atoms with E-state index in [1.165, 1.54) is 0 Å². The smallest absolute Gasteiger partial charge is 0.259 e. The number of nitrogens with one attached hydrogen (secondary N) is 1. The molecule has 1 aromatic heterocycles. The number of fused-ring (bicyclic) bond motifs is 1. The minimum atomic E-state index is -0.117. The van der Waals surface area contributed by atoms with Crippen molar-refractivity contribution in [1.82, 2.24) is 9.97 Å². The second-order valence-electron chi connectivity index (χ2n) is 4.19. The predicted molar refractivity (Wildman–Crippen MR) is 66.2 cm³/mol. The highest BCUT2D eigenvalue weighted by Crippen LogP contribution is 2.22. The van der Waals surface area contributed by atoms with Crippen molar-refractivity contribution >= 4 is 22.5 Å². The first kappa shape index (κ1) is 11.1. The number of nitrogens with zero attached hydrogens (tertiary/aromatic N) is 1. The van der Waals surface area contributed by atoms with Crippen LogP contribution in [0.4, 0.5) is 0 Å². The lowest BCUT2D eigenvalue weighted by Crippen LogP contribution is -2.14. The molecule has 1 N–H and O–H groups in total. The molecule has 0 saturated heterocycles. The maximum atomic E-state index is 11.9. The molecule has 0 fully saturated rings. The molecule has 0 aliphatic carbocycles. The van der Waals surface area contributed by atoms with Gasteiger partial charge >= 0.3 is 0 Å². The van der Waals surface area contributed by atoms with Crippen molar-refractivity contribution in [3.8, 4) is 0 Å². The summed E-state index contributed by atoms with van der Waals surface area (Å²) >= 11 is 6.06. The van der Waals surface area contributed by atoms with Gasteiger partial charge in [-0.05, 0) is 18.6 Å². The number of rotatable bonds is 1. The minimum Gasteiger partial charge on any atom is -0.310 e. The molecule has 0 spiro atoms. The summed E-state index contributed by atoms with van der Waals surface area (Å²) < 4.78 is 0. The highest BCUT2D eigenvalue weighted by atomic mass is 35.5. The molecule has 4 heteroatoms. The van der Waals surface area contributed by atoms with Gasteiger partial charge in [-0.2, -0.15) is 0 Å². The number of halogens is 1. The lowest BCUT2D eigenvalue weighted by atomic mass is 10.1. The molecule has 0 atom stereocenters. The highest BCUT2D eigenvalue weighted by molar-refractivity contribution is 6.35. The monoisotopic (exact) mass is 236 g/mol. The molecule has 84 valence electrons. The maximum Gasteiger partial charge on any atom is 0.259 e. The average molecular weight is 237 g/mol. The van der Waals surface area contributed by atoms with Crippen LogP contribution in [0.2, 0.25) is 5.02 Å². The molecule has 1 aromatic carbocycles. The molecule has 0 unspecified atom stereocenters. The van der Waals surface area contributed by atoms with E-state index in [1.807, 2.05) is 26.8 Å². The maximum absolute atomic E-state index is 11.9. The fraction of sp³-hybridized carbons (Fsp3) is 0.333. The van der Waals surface area contributed by atoms with E-state index in [9.17, 15) is 4.79 Å². The Morgan fingerprint density at radius 2 is 2.06 bits per heavy atom. The molecule has 1 heterocycles. The number of H-pyrrole nitrogens is 1. The topological polar surface area (TPSA) is 45.8 Å². The number of aromatic amines is 1. The standard InChI is InChI=1S/C12H13ClN2O/c1-6(2)11-14-10-8(13)5-4-7(3)9(10)12(16)15-11/h4-6H,1-3H3,(H,14,15,16). The first-order valence-electron chi connectivity index (χ1n) is 5.19. The van der Waals surface area contributed by atoms with E-state index in [0.29, 0.717) is 21.7 Å². The van der Waals surface area contributed by atoms with Crippen LogP contribution in [0.1, 0.15) is 31.2 Å². The van der Waals surface area contributed by atoms with Crippen LogP contribution in [0, 0.1) is 6.92 Å². The van der Waals surface area contributed by atoms with E-state index in [0.717, 1.165) is 5.56 Å². The lowest BCUT2D eigenvalue weighted by molar-refractivity contribution is 0.776. The van der Waals surface area contributed by atoms with Crippen LogP contribution in [-0.2, 0) is 0 Å². The van der Waals surface area contributed by atoms with Gasteiger partial charge in [0, 0.05) is 5.92 Å². The Hall–Kier alpha value is -1.35. The minimum absolute atomic E-state index is 0.117. The van der Waals surface area contributed by atoms with Crippen LogP contribution in [0.5, 0.6) is 0 Å². The Kier molecular flexibility index (Phi) is 2.72. The molecule has 0 bridgehead atoms. The van der Waals surface area contributed by atoms with Crippen molar-refractivity contribution < 1.29 is 0 Å². The Balaban J connectivity index is 2.92. The zero-order chi connectivity index (χ0) is 11.9. The third-order valence-electron chi connectivity index (χ3n) is 2.58. The van der Waals surface area contributed by atoms with Crippen molar-refractivity contribution in [3.63, 3.8) is 0 Å². The Bertz CT molecular complexity index is 602. The quantitative estimate of drug-likeness (QED) is 0.827. The molecule has 16 heavy (non-hydrogen) atoms. The van der Waals surface area contributed by atoms with Gasteiger partial charge in [0.15, 0.2) is 0 Å². The lowest BCUT2D eigenvalue weighted by Gasteiger charge is -2.08. The van der Waals surface area contributed by atoms with E-state index < -0.39 is 0 Å². The number of aromatic nitrogens is 2. The van der Waals surface area contributed by atoms with Gasteiger partial charge in [0.05, 0.1) is 15.9 Å². The molecular formula is C12H13ClN2O. The number of aryl methyl sites for hydroxylation is 1. The molecule has 2 aromatic rings. The molecule has 0 saturated carbocycles. The van der Waals surface area contributed by atoms with E-state index >= 15 is 0 Å². The van der Waals surface area contributed by atoms with Crippen molar-refractivity contribution in [1.29, 1.82) is 0 Å². The predicted octanol–water partition coefficient (Wildman–Crippen LogP) is 3.01. The molecule has 3 nitrogen and oxygen atoms in total. The van der Waals surface area contributed by atoms with Gasteiger partial charge in [-0.25, -0.2) is 4.98 Å². The van der Waals surface area contributed by atoms with Gasteiger partial charge < -0.3 is 4.98 Å². The van der Waals surface area contributed by atoms with Gasteiger partial charge in [-0.1, -0.05) is 31.5 Å². The van der Waals surface area contributed by atoms with Crippen LogP contribution in [0.3, 0.4) is 0 Å². The van der Waals surface area contributed by atoms with Crippen molar-refractivity contribution in [3.05, 3.63) is 38.9 Å². The normalized spacial score (nSPS) is 11.3. The summed E-state index contributed by atoms with van der Waals surface area (Å²) in [5.74, 6) is 0.846. The first-order chi connectivity index (χ1) is 7.50. The fourth-order valence-electron chi connectivity index (χ4n) is 1.66. The first-order valence-corrected chi connectivity index (χ1v) is 5.57. The SMILES string of the molecule is Cc1ccc(Cl)c2nc(C(C)C)[nH]c(=O)c12.